The van der Waals surface area contributed by atoms with E-state index in [1.807, 2.05) is 41.0 Å². The van der Waals surface area contributed by atoms with Crippen molar-refractivity contribution in [2.75, 3.05) is 25.1 Å². The molecule has 1 saturated heterocycles. The Hall–Kier alpha value is -3.53. The molecule has 0 radical (unpaired) electrons. The van der Waals surface area contributed by atoms with E-state index in [1.54, 1.807) is 13.2 Å². The second-order valence-electron chi connectivity index (χ2n) is 7.59. The van der Waals surface area contributed by atoms with Gasteiger partial charge in [0.05, 0.1) is 12.7 Å². The van der Waals surface area contributed by atoms with Crippen molar-refractivity contribution in [1.29, 1.82) is 5.26 Å². The lowest BCUT2D eigenvalue weighted by Crippen LogP contribution is -2.47. The number of ether oxygens (including phenoxy) is 1. The highest BCUT2D eigenvalue weighted by atomic mass is 16.5. The van der Waals surface area contributed by atoms with Crippen LogP contribution >= 0.6 is 0 Å². The zero-order valence-corrected chi connectivity index (χ0v) is 16.0. The average molecular weight is 388 g/mol. The molecule has 5 rings (SSSR count). The SMILES string of the molecule is COc1ccccc1-c1nc(C#N)c(N2C[C@@H]3C[C@H](C2)c2cccc(=O)n2C3)o1. The van der Waals surface area contributed by atoms with Gasteiger partial charge in [0, 0.05) is 37.3 Å². The van der Waals surface area contributed by atoms with Crippen LogP contribution in [0, 0.1) is 17.2 Å². The minimum atomic E-state index is 0.0569. The lowest BCUT2D eigenvalue weighted by atomic mass is 9.83. The molecule has 0 spiro atoms. The third-order valence-corrected chi connectivity index (χ3v) is 5.82. The molecule has 2 atom stereocenters. The number of hydrogen-bond acceptors (Lipinski definition) is 6. The summed E-state index contributed by atoms with van der Waals surface area (Å²) in [6.45, 7) is 2.11. The molecule has 4 heterocycles. The number of benzene rings is 1. The minimum absolute atomic E-state index is 0.0569. The first-order valence-electron chi connectivity index (χ1n) is 9.67. The number of aromatic nitrogens is 2. The van der Waals surface area contributed by atoms with Gasteiger partial charge in [-0.15, -0.1) is 0 Å². The number of anilines is 1. The van der Waals surface area contributed by atoms with Crippen LogP contribution in [-0.2, 0) is 6.54 Å². The molecule has 2 aliphatic rings. The Kier molecular flexibility index (Phi) is 4.13. The van der Waals surface area contributed by atoms with Crippen LogP contribution in [0.4, 0.5) is 5.88 Å². The number of para-hydroxylation sites is 1. The van der Waals surface area contributed by atoms with Crippen LogP contribution in [0.1, 0.15) is 23.7 Å². The van der Waals surface area contributed by atoms with Crippen LogP contribution in [0.15, 0.2) is 51.7 Å². The lowest BCUT2D eigenvalue weighted by molar-refractivity contribution is 0.275. The molecule has 1 aromatic carbocycles. The first-order chi connectivity index (χ1) is 14.2. The number of nitriles is 1. The van der Waals surface area contributed by atoms with Crippen LogP contribution in [0.5, 0.6) is 5.75 Å². The van der Waals surface area contributed by atoms with Gasteiger partial charge in [-0.25, -0.2) is 0 Å². The highest BCUT2D eigenvalue weighted by Gasteiger charge is 2.37. The van der Waals surface area contributed by atoms with Crippen molar-refractivity contribution in [3.05, 3.63) is 64.2 Å². The van der Waals surface area contributed by atoms with E-state index in [4.69, 9.17) is 9.15 Å². The number of piperidine rings is 1. The third kappa shape index (κ3) is 2.88. The summed E-state index contributed by atoms with van der Waals surface area (Å²) in [7, 11) is 1.60. The smallest absolute Gasteiger partial charge is 0.250 e. The Labute approximate surface area is 167 Å². The van der Waals surface area contributed by atoms with Crippen LogP contribution in [-0.4, -0.2) is 29.8 Å². The summed E-state index contributed by atoms with van der Waals surface area (Å²) in [5.74, 6) is 2.07. The van der Waals surface area contributed by atoms with E-state index in [-0.39, 0.29) is 17.2 Å². The zero-order valence-electron chi connectivity index (χ0n) is 16.0. The molecule has 7 heteroatoms. The Morgan fingerprint density at radius 1 is 1.17 bits per heavy atom. The fourth-order valence-corrected chi connectivity index (χ4v) is 4.60. The van der Waals surface area contributed by atoms with Gasteiger partial charge >= 0.3 is 0 Å². The van der Waals surface area contributed by atoms with Gasteiger partial charge in [-0.05, 0) is 30.5 Å². The molecule has 2 aliphatic heterocycles. The van der Waals surface area contributed by atoms with Crippen molar-refractivity contribution >= 4 is 5.88 Å². The quantitative estimate of drug-likeness (QED) is 0.686. The molecule has 0 saturated carbocycles. The Morgan fingerprint density at radius 3 is 2.86 bits per heavy atom. The van der Waals surface area contributed by atoms with Gasteiger partial charge in [0.1, 0.15) is 11.8 Å². The number of rotatable bonds is 3. The molecular weight excluding hydrogens is 368 g/mol. The molecule has 1 fully saturated rings. The van der Waals surface area contributed by atoms with E-state index in [0.717, 1.165) is 18.7 Å². The number of oxazole rings is 1. The Morgan fingerprint density at radius 2 is 2.03 bits per heavy atom. The van der Waals surface area contributed by atoms with Gasteiger partial charge in [0.2, 0.25) is 17.5 Å². The standard InChI is InChI=1S/C22H20N4O3/c1-28-19-7-3-2-5-16(19)21-24-17(10-23)22(29-21)25-11-14-9-15(13-25)18-6-4-8-20(27)26(18)12-14/h2-8,14-15H,9,11-13H2,1H3/t14-,15+/m0/s1. The van der Waals surface area contributed by atoms with E-state index >= 15 is 0 Å². The number of hydrogen-bond donors (Lipinski definition) is 0. The molecule has 2 bridgehead atoms. The monoisotopic (exact) mass is 388 g/mol. The second-order valence-corrected chi connectivity index (χ2v) is 7.59. The molecule has 0 aliphatic carbocycles. The normalized spacial score (nSPS) is 20.1. The fraction of sp³-hybridized carbons (Fsp3) is 0.318. The van der Waals surface area contributed by atoms with Crippen LogP contribution in [0.3, 0.4) is 0 Å². The van der Waals surface area contributed by atoms with E-state index in [9.17, 15) is 10.1 Å². The maximum absolute atomic E-state index is 12.2. The van der Waals surface area contributed by atoms with Gasteiger partial charge in [0.25, 0.3) is 5.56 Å². The van der Waals surface area contributed by atoms with Crippen molar-refractivity contribution in [2.45, 2.75) is 18.9 Å². The van der Waals surface area contributed by atoms with Gasteiger partial charge in [0.15, 0.2) is 0 Å². The van der Waals surface area contributed by atoms with E-state index in [0.29, 0.717) is 42.1 Å². The summed E-state index contributed by atoms with van der Waals surface area (Å²) >= 11 is 0. The fourth-order valence-electron chi connectivity index (χ4n) is 4.60. The Bertz CT molecular complexity index is 1170. The van der Waals surface area contributed by atoms with Crippen LogP contribution < -0.4 is 15.2 Å². The van der Waals surface area contributed by atoms with Gasteiger partial charge < -0.3 is 18.6 Å². The van der Waals surface area contributed by atoms with Crippen LogP contribution in [0.25, 0.3) is 11.5 Å². The molecule has 0 N–H and O–H groups in total. The Balaban J connectivity index is 1.52. The largest absolute Gasteiger partial charge is 0.496 e. The summed E-state index contributed by atoms with van der Waals surface area (Å²) in [6, 6.07) is 15.1. The zero-order chi connectivity index (χ0) is 20.0. The summed E-state index contributed by atoms with van der Waals surface area (Å²) in [4.78, 5) is 18.8. The number of nitrogens with zero attached hydrogens (tertiary/aromatic N) is 4. The first kappa shape index (κ1) is 17.6. The van der Waals surface area contributed by atoms with Gasteiger partial charge in [-0.2, -0.15) is 10.2 Å². The molecule has 2 aromatic heterocycles. The summed E-state index contributed by atoms with van der Waals surface area (Å²) in [5.41, 5.74) is 2.10. The van der Waals surface area contributed by atoms with E-state index in [1.165, 1.54) is 0 Å². The van der Waals surface area contributed by atoms with Crippen molar-refractivity contribution in [3.8, 4) is 23.3 Å². The summed E-state index contributed by atoms with van der Waals surface area (Å²) in [5, 5.41) is 9.66. The first-order valence-corrected chi connectivity index (χ1v) is 9.67. The second kappa shape index (κ2) is 6.82. The molecule has 29 heavy (non-hydrogen) atoms. The third-order valence-electron chi connectivity index (χ3n) is 5.82. The molecule has 0 unspecified atom stereocenters. The van der Waals surface area contributed by atoms with Gasteiger partial charge in [-0.3, -0.25) is 4.79 Å². The van der Waals surface area contributed by atoms with Crippen molar-refractivity contribution < 1.29 is 9.15 Å². The topological polar surface area (TPSA) is 84.3 Å². The number of methoxy groups -OCH3 is 1. The molecule has 0 amide bonds. The van der Waals surface area contributed by atoms with E-state index < -0.39 is 0 Å². The molecular formula is C22H20N4O3. The van der Waals surface area contributed by atoms with Crippen LogP contribution in [0.2, 0.25) is 0 Å². The lowest BCUT2D eigenvalue weighted by Gasteiger charge is -2.42. The van der Waals surface area contributed by atoms with Crippen molar-refractivity contribution in [1.82, 2.24) is 9.55 Å². The number of pyridine rings is 1. The summed E-state index contributed by atoms with van der Waals surface area (Å²) in [6.07, 6.45) is 1.04. The average Bonchev–Trinajstić information content (AvgIpc) is 3.19. The van der Waals surface area contributed by atoms with E-state index in [2.05, 4.69) is 16.0 Å². The predicted molar refractivity (Wildman–Crippen MR) is 107 cm³/mol. The molecule has 3 aromatic rings. The highest BCUT2D eigenvalue weighted by molar-refractivity contribution is 5.66. The maximum atomic E-state index is 12.2. The maximum Gasteiger partial charge on any atom is 0.250 e. The number of fused-ring (bicyclic) bond motifs is 4. The predicted octanol–water partition coefficient (Wildman–Crippen LogP) is 3.01. The minimum Gasteiger partial charge on any atom is -0.496 e. The van der Waals surface area contributed by atoms with Crippen molar-refractivity contribution in [2.24, 2.45) is 5.92 Å². The molecule has 146 valence electrons. The summed E-state index contributed by atoms with van der Waals surface area (Å²) < 4.78 is 13.4. The van der Waals surface area contributed by atoms with Gasteiger partial charge in [-0.1, -0.05) is 18.2 Å². The molecule has 7 nitrogen and oxygen atoms in total. The van der Waals surface area contributed by atoms with Crippen molar-refractivity contribution in [3.63, 3.8) is 0 Å². The highest BCUT2D eigenvalue weighted by Crippen LogP contribution is 2.39.